The Balaban J connectivity index is 0.00000578. The minimum absolute atomic E-state index is 0. The standard InChI is InChI=1S/C27H32N2O3S.Na/c1-5-10-19(3)24(6-2)28-18-20-13-14-22(23(17-20)21-11-8-7-9-12-21)26(30)29-25(27(31)32)15-16-33-4;/h5-14,17,25,28H,2,15-16,18H2,1,3-4H3,(H,29,30)(H,31,32);/q;+1/p-1/b10-5-,24-19+;. The maximum absolute atomic E-state index is 13.0. The number of thioether (sulfide) groups is 1. The van der Waals surface area contributed by atoms with Crippen molar-refractivity contribution in [2.24, 2.45) is 0 Å². The van der Waals surface area contributed by atoms with Crippen LogP contribution in [0.1, 0.15) is 36.2 Å². The molecule has 2 aromatic carbocycles. The number of aliphatic carboxylic acids is 1. The summed E-state index contributed by atoms with van der Waals surface area (Å²) in [5, 5.41) is 17.5. The number of carboxylic acids is 1. The first-order chi connectivity index (χ1) is 15.9. The van der Waals surface area contributed by atoms with E-state index in [1.165, 1.54) is 11.8 Å². The van der Waals surface area contributed by atoms with Crippen molar-refractivity contribution < 1.29 is 44.3 Å². The van der Waals surface area contributed by atoms with Crippen molar-refractivity contribution in [3.8, 4) is 11.1 Å². The number of hydrogen-bond donors (Lipinski definition) is 2. The van der Waals surface area contributed by atoms with Gasteiger partial charge in [0.25, 0.3) is 5.91 Å². The molecule has 1 unspecified atom stereocenters. The Labute approximate surface area is 229 Å². The second-order valence-electron chi connectivity index (χ2n) is 7.53. The molecular formula is C27H31N2NaO3S. The van der Waals surface area contributed by atoms with Crippen molar-refractivity contribution in [3.63, 3.8) is 0 Å². The Morgan fingerprint density at radius 2 is 1.88 bits per heavy atom. The van der Waals surface area contributed by atoms with Crippen LogP contribution in [0.3, 0.4) is 0 Å². The van der Waals surface area contributed by atoms with E-state index in [-0.39, 0.29) is 29.6 Å². The maximum Gasteiger partial charge on any atom is 1.00 e. The number of hydrogen-bond acceptors (Lipinski definition) is 5. The van der Waals surface area contributed by atoms with Gasteiger partial charge in [-0.25, -0.2) is 0 Å². The zero-order chi connectivity index (χ0) is 24.2. The number of nitrogens with one attached hydrogen (secondary N) is 2. The summed E-state index contributed by atoms with van der Waals surface area (Å²) in [7, 11) is 0. The molecule has 1 atom stereocenters. The van der Waals surface area contributed by atoms with Crippen LogP contribution in [0, 0.1) is 0 Å². The number of rotatable bonds is 12. The van der Waals surface area contributed by atoms with E-state index >= 15 is 0 Å². The minimum Gasteiger partial charge on any atom is -0.548 e. The van der Waals surface area contributed by atoms with Crippen molar-refractivity contribution >= 4 is 23.6 Å². The van der Waals surface area contributed by atoms with Gasteiger partial charge >= 0.3 is 29.6 Å². The molecule has 0 heterocycles. The fraction of sp³-hybridized carbons (Fsp3) is 0.259. The Hall–Kier alpha value is -2.25. The van der Waals surface area contributed by atoms with Crippen LogP contribution in [-0.2, 0) is 11.3 Å². The van der Waals surface area contributed by atoms with E-state index in [0.29, 0.717) is 24.3 Å². The van der Waals surface area contributed by atoms with Crippen LogP contribution in [-0.4, -0.2) is 29.9 Å². The van der Waals surface area contributed by atoms with Crippen molar-refractivity contribution in [2.45, 2.75) is 32.9 Å². The first-order valence-corrected chi connectivity index (χ1v) is 12.2. The van der Waals surface area contributed by atoms with Crippen molar-refractivity contribution in [3.05, 3.63) is 95.7 Å². The number of benzene rings is 2. The van der Waals surface area contributed by atoms with E-state index in [0.717, 1.165) is 28.0 Å². The molecular weight excluding hydrogens is 455 g/mol. The van der Waals surface area contributed by atoms with Gasteiger partial charge in [0.15, 0.2) is 0 Å². The number of carbonyl (C=O) groups is 2. The number of allylic oxidation sites excluding steroid dienone is 4. The number of carboxylic acid groups (broad SMARTS) is 1. The summed E-state index contributed by atoms with van der Waals surface area (Å²) in [6, 6.07) is 14.1. The summed E-state index contributed by atoms with van der Waals surface area (Å²) in [5.41, 5.74) is 5.03. The summed E-state index contributed by atoms with van der Waals surface area (Å²) in [6.45, 7) is 8.41. The van der Waals surface area contributed by atoms with E-state index in [9.17, 15) is 14.7 Å². The minimum atomic E-state index is -1.28. The number of amides is 1. The van der Waals surface area contributed by atoms with Crippen LogP contribution in [0.15, 0.2) is 84.6 Å². The molecule has 0 saturated heterocycles. The zero-order valence-corrected chi connectivity index (χ0v) is 23.2. The molecule has 34 heavy (non-hydrogen) atoms. The van der Waals surface area contributed by atoms with Crippen molar-refractivity contribution in [2.75, 3.05) is 12.0 Å². The van der Waals surface area contributed by atoms with Gasteiger partial charge in [0.1, 0.15) is 0 Å². The molecule has 174 valence electrons. The van der Waals surface area contributed by atoms with Crippen LogP contribution in [0.2, 0.25) is 0 Å². The summed E-state index contributed by atoms with van der Waals surface area (Å²) in [4.78, 5) is 24.5. The van der Waals surface area contributed by atoms with Gasteiger partial charge in [0.05, 0.1) is 12.0 Å². The molecule has 1 amide bonds. The van der Waals surface area contributed by atoms with Gasteiger partial charge in [-0.3, -0.25) is 4.79 Å². The molecule has 2 N–H and O–H groups in total. The first kappa shape index (κ1) is 29.8. The molecule has 0 aliphatic rings. The zero-order valence-electron chi connectivity index (χ0n) is 20.4. The molecule has 0 bridgehead atoms. The molecule has 0 radical (unpaired) electrons. The van der Waals surface area contributed by atoms with Crippen LogP contribution in [0.4, 0.5) is 0 Å². The SMILES string of the molecule is C=C/C(NCc1ccc(C(=O)NC(CCSC)C(=O)[O-])c(-c2ccccc2)c1)=C(C)\C=C/C.[Na+]. The molecule has 0 fully saturated rings. The van der Waals surface area contributed by atoms with Gasteiger partial charge in [-0.15, -0.1) is 0 Å². The van der Waals surface area contributed by atoms with Crippen LogP contribution in [0.25, 0.3) is 11.1 Å². The van der Waals surface area contributed by atoms with E-state index in [2.05, 4.69) is 17.2 Å². The summed E-state index contributed by atoms with van der Waals surface area (Å²) in [6.07, 6.45) is 7.96. The second kappa shape index (κ2) is 15.6. The fourth-order valence-electron chi connectivity index (χ4n) is 3.39. The Kier molecular flexibility index (Phi) is 13.7. The largest absolute Gasteiger partial charge is 1.00 e. The third kappa shape index (κ3) is 8.84. The second-order valence-corrected chi connectivity index (χ2v) is 8.51. The molecule has 0 aromatic heterocycles. The van der Waals surface area contributed by atoms with Crippen molar-refractivity contribution in [1.29, 1.82) is 0 Å². The average molecular weight is 487 g/mol. The van der Waals surface area contributed by atoms with E-state index in [1.807, 2.05) is 74.7 Å². The van der Waals surface area contributed by atoms with Crippen LogP contribution < -0.4 is 45.3 Å². The maximum atomic E-state index is 13.0. The normalized spacial score (nSPS) is 12.3. The molecule has 2 rings (SSSR count). The summed E-state index contributed by atoms with van der Waals surface area (Å²) >= 11 is 1.52. The quantitative estimate of drug-likeness (QED) is 0.347. The molecule has 0 saturated carbocycles. The topological polar surface area (TPSA) is 81.3 Å². The Bertz CT molecular complexity index is 1040. The van der Waals surface area contributed by atoms with E-state index in [4.69, 9.17) is 0 Å². The van der Waals surface area contributed by atoms with E-state index < -0.39 is 17.9 Å². The molecule has 2 aromatic rings. The van der Waals surface area contributed by atoms with E-state index in [1.54, 1.807) is 12.1 Å². The molecule has 0 spiro atoms. The number of carbonyl (C=O) groups excluding carboxylic acids is 2. The average Bonchev–Trinajstić information content (AvgIpc) is 2.82. The fourth-order valence-corrected chi connectivity index (χ4v) is 3.86. The van der Waals surface area contributed by atoms with Crippen LogP contribution in [0.5, 0.6) is 0 Å². The van der Waals surface area contributed by atoms with Crippen LogP contribution >= 0.6 is 11.8 Å². The third-order valence-corrected chi connectivity index (χ3v) is 5.79. The van der Waals surface area contributed by atoms with Gasteiger partial charge in [-0.05, 0) is 72.7 Å². The first-order valence-electron chi connectivity index (χ1n) is 10.8. The smallest absolute Gasteiger partial charge is 0.548 e. The van der Waals surface area contributed by atoms with Gasteiger partial charge in [-0.1, -0.05) is 55.1 Å². The Morgan fingerprint density at radius 1 is 1.18 bits per heavy atom. The summed E-state index contributed by atoms with van der Waals surface area (Å²) < 4.78 is 0. The van der Waals surface area contributed by atoms with Gasteiger partial charge in [-0.2, -0.15) is 11.8 Å². The molecule has 7 heteroatoms. The predicted molar refractivity (Wildman–Crippen MR) is 136 cm³/mol. The molecule has 0 aliphatic heterocycles. The van der Waals surface area contributed by atoms with Gasteiger partial charge in [0, 0.05) is 17.8 Å². The predicted octanol–water partition coefficient (Wildman–Crippen LogP) is 1.08. The molecule has 0 aliphatic carbocycles. The summed E-state index contributed by atoms with van der Waals surface area (Å²) in [5.74, 6) is -1.10. The van der Waals surface area contributed by atoms with Crippen molar-refractivity contribution in [1.82, 2.24) is 10.6 Å². The third-order valence-electron chi connectivity index (χ3n) is 5.14. The van der Waals surface area contributed by atoms with Gasteiger partial charge < -0.3 is 20.5 Å². The molecule has 5 nitrogen and oxygen atoms in total. The van der Waals surface area contributed by atoms with Gasteiger partial charge in [0.2, 0.25) is 0 Å². The Morgan fingerprint density at radius 3 is 2.47 bits per heavy atom. The monoisotopic (exact) mass is 486 g/mol.